The molecule has 1 N–H and O–H groups in total. The second-order valence-electron chi connectivity index (χ2n) is 7.47. The van der Waals surface area contributed by atoms with Crippen LogP contribution in [0, 0.1) is 0 Å². The Balaban J connectivity index is 1.89. The zero-order chi connectivity index (χ0) is 25.4. The molecule has 8 nitrogen and oxygen atoms in total. The maximum absolute atomic E-state index is 13.6. The summed E-state index contributed by atoms with van der Waals surface area (Å²) in [5.74, 6) is 0.717. The molecule has 0 aliphatic rings. The van der Waals surface area contributed by atoms with Gasteiger partial charge in [0.1, 0.15) is 22.1 Å². The van der Waals surface area contributed by atoms with Gasteiger partial charge in [-0.25, -0.2) is 8.42 Å². The van der Waals surface area contributed by atoms with Crippen LogP contribution in [0.15, 0.2) is 71.6 Å². The van der Waals surface area contributed by atoms with Gasteiger partial charge < -0.3 is 19.5 Å². The van der Waals surface area contributed by atoms with E-state index in [1.54, 1.807) is 42.5 Å². The summed E-state index contributed by atoms with van der Waals surface area (Å²) in [7, 11) is 0.259. The van der Waals surface area contributed by atoms with Crippen LogP contribution in [0.4, 0.5) is 0 Å². The van der Waals surface area contributed by atoms with E-state index in [4.69, 9.17) is 25.8 Å². The monoisotopic (exact) mass is 518 g/mol. The molecule has 0 aromatic heterocycles. The fourth-order valence-electron chi connectivity index (χ4n) is 3.51. The Kier molecular flexibility index (Phi) is 8.97. The summed E-state index contributed by atoms with van der Waals surface area (Å²) in [5, 5.41) is 3.00. The van der Waals surface area contributed by atoms with Crippen LogP contribution < -0.4 is 19.5 Å². The number of methoxy groups -OCH3 is 3. The SMILES string of the molecule is COc1ccc(Cl)cc1S(=O)(=O)N(CC(=O)NCc1c(OC)cccc1OC)Cc1ccccc1. The van der Waals surface area contributed by atoms with Gasteiger partial charge in [0.15, 0.2) is 0 Å². The molecule has 0 unspecified atom stereocenters. The highest BCUT2D eigenvalue weighted by atomic mass is 35.5. The van der Waals surface area contributed by atoms with Crippen molar-refractivity contribution in [2.75, 3.05) is 27.9 Å². The normalized spacial score (nSPS) is 11.2. The van der Waals surface area contributed by atoms with Crippen LogP contribution in [0.25, 0.3) is 0 Å². The van der Waals surface area contributed by atoms with E-state index in [9.17, 15) is 13.2 Å². The van der Waals surface area contributed by atoms with Gasteiger partial charge in [-0.05, 0) is 35.9 Å². The third-order valence-corrected chi connectivity index (χ3v) is 7.31. The second kappa shape index (κ2) is 11.9. The summed E-state index contributed by atoms with van der Waals surface area (Å²) in [6.07, 6.45) is 0. The van der Waals surface area contributed by atoms with Gasteiger partial charge in [0.25, 0.3) is 0 Å². The number of hydrogen-bond donors (Lipinski definition) is 1. The zero-order valence-corrected chi connectivity index (χ0v) is 21.2. The molecule has 3 rings (SSSR count). The van der Waals surface area contributed by atoms with E-state index in [1.807, 2.05) is 6.07 Å². The molecule has 0 heterocycles. The summed E-state index contributed by atoms with van der Waals surface area (Å²) in [5.41, 5.74) is 1.36. The number of carbonyl (C=O) groups is 1. The van der Waals surface area contributed by atoms with Crippen molar-refractivity contribution in [3.8, 4) is 17.2 Å². The molecule has 0 aliphatic carbocycles. The van der Waals surface area contributed by atoms with Crippen LogP contribution in [-0.4, -0.2) is 46.5 Å². The molecule has 0 saturated heterocycles. The summed E-state index contributed by atoms with van der Waals surface area (Å²) in [6.45, 7) is -0.361. The van der Waals surface area contributed by atoms with E-state index in [1.165, 1.54) is 39.5 Å². The highest BCUT2D eigenvalue weighted by Gasteiger charge is 2.30. The molecule has 0 aliphatic heterocycles. The fourth-order valence-corrected chi connectivity index (χ4v) is 5.31. The topological polar surface area (TPSA) is 94.2 Å². The third kappa shape index (κ3) is 6.45. The summed E-state index contributed by atoms with van der Waals surface area (Å²) < 4.78 is 44.4. The van der Waals surface area contributed by atoms with Crippen LogP contribution in [0.2, 0.25) is 5.02 Å². The Bertz CT molecular complexity index is 1250. The lowest BCUT2D eigenvalue weighted by atomic mass is 10.1. The van der Waals surface area contributed by atoms with Crippen molar-refractivity contribution >= 4 is 27.5 Å². The Morgan fingerprint density at radius 1 is 0.886 bits per heavy atom. The molecule has 186 valence electrons. The smallest absolute Gasteiger partial charge is 0.247 e. The van der Waals surface area contributed by atoms with Gasteiger partial charge in [0.2, 0.25) is 15.9 Å². The maximum Gasteiger partial charge on any atom is 0.247 e. The van der Waals surface area contributed by atoms with Gasteiger partial charge in [-0.3, -0.25) is 4.79 Å². The van der Waals surface area contributed by atoms with E-state index in [0.29, 0.717) is 17.1 Å². The summed E-state index contributed by atoms with van der Waals surface area (Å²) in [6, 6.07) is 18.6. The van der Waals surface area contributed by atoms with E-state index in [-0.39, 0.29) is 28.8 Å². The summed E-state index contributed by atoms with van der Waals surface area (Å²) in [4.78, 5) is 12.8. The van der Waals surface area contributed by atoms with Gasteiger partial charge in [-0.1, -0.05) is 48.0 Å². The second-order valence-corrected chi connectivity index (χ2v) is 9.81. The number of nitrogens with one attached hydrogen (secondary N) is 1. The number of halogens is 1. The third-order valence-electron chi connectivity index (χ3n) is 5.26. The van der Waals surface area contributed by atoms with Crippen LogP contribution in [0.1, 0.15) is 11.1 Å². The van der Waals surface area contributed by atoms with E-state index < -0.39 is 22.5 Å². The Hall–Kier alpha value is -3.27. The Labute approximate surface area is 210 Å². The molecule has 0 spiro atoms. The molecule has 3 aromatic carbocycles. The van der Waals surface area contributed by atoms with Gasteiger partial charge in [-0.15, -0.1) is 0 Å². The zero-order valence-electron chi connectivity index (χ0n) is 19.7. The predicted octanol–water partition coefficient (Wildman–Crippen LogP) is 3.87. The average molecular weight is 519 g/mol. The molecule has 10 heteroatoms. The average Bonchev–Trinajstić information content (AvgIpc) is 2.87. The maximum atomic E-state index is 13.6. The highest BCUT2D eigenvalue weighted by molar-refractivity contribution is 7.89. The van der Waals surface area contributed by atoms with Crippen molar-refractivity contribution in [1.29, 1.82) is 0 Å². The number of nitrogens with zero attached hydrogens (tertiary/aromatic N) is 1. The lowest BCUT2D eigenvalue weighted by molar-refractivity contribution is -0.121. The highest BCUT2D eigenvalue weighted by Crippen LogP contribution is 2.31. The number of carbonyl (C=O) groups excluding carboxylic acids is 1. The molecular weight excluding hydrogens is 492 g/mol. The first-order valence-electron chi connectivity index (χ1n) is 10.6. The van der Waals surface area contributed by atoms with Crippen molar-refractivity contribution in [3.05, 3.63) is 82.9 Å². The quantitative estimate of drug-likeness (QED) is 0.414. The van der Waals surface area contributed by atoms with E-state index in [0.717, 1.165) is 9.87 Å². The molecule has 0 saturated carbocycles. The van der Waals surface area contributed by atoms with Gasteiger partial charge >= 0.3 is 0 Å². The standard InChI is InChI=1S/C25H27ClN2O6S/c1-32-21-10-7-11-22(33-2)20(21)15-27-25(29)17-28(16-18-8-5-4-6-9-18)35(30,31)24-14-19(26)12-13-23(24)34-3/h4-14H,15-17H2,1-3H3,(H,27,29). The van der Waals surface area contributed by atoms with Crippen molar-refractivity contribution in [2.24, 2.45) is 0 Å². The van der Waals surface area contributed by atoms with Crippen molar-refractivity contribution in [3.63, 3.8) is 0 Å². The molecule has 3 aromatic rings. The van der Waals surface area contributed by atoms with E-state index >= 15 is 0 Å². The number of hydrogen-bond acceptors (Lipinski definition) is 6. The van der Waals surface area contributed by atoms with Crippen molar-refractivity contribution in [2.45, 2.75) is 18.0 Å². The van der Waals surface area contributed by atoms with Gasteiger partial charge in [0, 0.05) is 11.6 Å². The Morgan fingerprint density at radius 3 is 2.11 bits per heavy atom. The minimum atomic E-state index is -4.15. The largest absolute Gasteiger partial charge is 0.496 e. The molecule has 1 amide bonds. The number of rotatable bonds is 11. The Morgan fingerprint density at radius 2 is 1.51 bits per heavy atom. The molecule has 0 fully saturated rings. The van der Waals surface area contributed by atoms with Crippen LogP contribution in [0.5, 0.6) is 17.2 Å². The predicted molar refractivity (Wildman–Crippen MR) is 133 cm³/mol. The fraction of sp³-hybridized carbons (Fsp3) is 0.240. The number of sulfonamides is 1. The van der Waals surface area contributed by atoms with Crippen LogP contribution in [0.3, 0.4) is 0 Å². The van der Waals surface area contributed by atoms with Gasteiger partial charge in [-0.2, -0.15) is 4.31 Å². The van der Waals surface area contributed by atoms with Gasteiger partial charge in [0.05, 0.1) is 40.0 Å². The molecular formula is C25H27ClN2O6S. The minimum Gasteiger partial charge on any atom is -0.496 e. The number of ether oxygens (including phenoxy) is 3. The number of benzene rings is 3. The lowest BCUT2D eigenvalue weighted by Crippen LogP contribution is -2.40. The summed E-state index contributed by atoms with van der Waals surface area (Å²) >= 11 is 6.08. The van der Waals surface area contributed by atoms with Crippen molar-refractivity contribution in [1.82, 2.24) is 9.62 Å². The minimum absolute atomic E-state index is 0.0236. The van der Waals surface area contributed by atoms with Crippen LogP contribution >= 0.6 is 11.6 Å². The molecule has 0 atom stereocenters. The molecule has 35 heavy (non-hydrogen) atoms. The number of amides is 1. The molecule has 0 bridgehead atoms. The first kappa shape index (κ1) is 26.3. The molecule has 0 radical (unpaired) electrons. The van der Waals surface area contributed by atoms with E-state index in [2.05, 4.69) is 5.32 Å². The van der Waals surface area contributed by atoms with Crippen LogP contribution in [-0.2, 0) is 27.9 Å². The first-order chi connectivity index (χ1) is 16.8. The van der Waals surface area contributed by atoms with Crippen molar-refractivity contribution < 1.29 is 27.4 Å². The first-order valence-corrected chi connectivity index (χ1v) is 12.5. The lowest BCUT2D eigenvalue weighted by Gasteiger charge is -2.23.